The van der Waals surface area contributed by atoms with Crippen molar-refractivity contribution in [1.82, 2.24) is 0 Å². The number of methoxy groups -OCH3 is 1. The van der Waals surface area contributed by atoms with Gasteiger partial charge in [-0.15, -0.1) is 0 Å². The van der Waals surface area contributed by atoms with E-state index in [9.17, 15) is 0 Å². The minimum absolute atomic E-state index is 0.315. The Morgan fingerprint density at radius 2 is 2.00 bits per heavy atom. The zero-order valence-corrected chi connectivity index (χ0v) is 7.86. The molecule has 1 heteroatoms. The number of unbranched alkanes of at least 4 members (excludes halogenated alkanes) is 2. The van der Waals surface area contributed by atoms with Gasteiger partial charge in [0.1, 0.15) is 0 Å². The molecule has 0 spiro atoms. The van der Waals surface area contributed by atoms with Crippen LogP contribution in [0.3, 0.4) is 0 Å². The maximum absolute atomic E-state index is 5.52. The predicted molar refractivity (Wildman–Crippen MR) is 47.7 cm³/mol. The van der Waals surface area contributed by atoms with Gasteiger partial charge in [0.25, 0.3) is 0 Å². The van der Waals surface area contributed by atoms with Crippen LogP contribution in [0.15, 0.2) is 0 Å². The standard InChI is InChI=1S/C10H20O/c1-3-4-5-7-10(11-2)8-6-9-10/h3-9H2,1-2H3. The van der Waals surface area contributed by atoms with E-state index < -0.39 is 0 Å². The number of hydrogen-bond donors (Lipinski definition) is 0. The smallest absolute Gasteiger partial charge is 0.0678 e. The van der Waals surface area contributed by atoms with Crippen LogP contribution in [-0.2, 0) is 4.74 Å². The summed E-state index contributed by atoms with van der Waals surface area (Å²) in [6.07, 6.45) is 9.30. The van der Waals surface area contributed by atoms with Crippen LogP contribution in [-0.4, -0.2) is 12.7 Å². The summed E-state index contributed by atoms with van der Waals surface area (Å²) < 4.78 is 5.52. The Labute approximate surface area is 70.1 Å². The molecule has 1 nitrogen and oxygen atoms in total. The van der Waals surface area contributed by atoms with Gasteiger partial charge in [0, 0.05) is 7.11 Å². The van der Waals surface area contributed by atoms with Crippen LogP contribution in [0.1, 0.15) is 51.9 Å². The van der Waals surface area contributed by atoms with Crippen molar-refractivity contribution < 1.29 is 4.74 Å². The highest BCUT2D eigenvalue weighted by Crippen LogP contribution is 2.39. The van der Waals surface area contributed by atoms with E-state index in [0.717, 1.165) is 0 Å². The largest absolute Gasteiger partial charge is 0.378 e. The number of hydrogen-bond acceptors (Lipinski definition) is 1. The van der Waals surface area contributed by atoms with Crippen LogP contribution < -0.4 is 0 Å². The fourth-order valence-corrected chi connectivity index (χ4v) is 1.82. The Morgan fingerprint density at radius 1 is 1.27 bits per heavy atom. The van der Waals surface area contributed by atoms with Crippen molar-refractivity contribution in [3.8, 4) is 0 Å². The second kappa shape index (κ2) is 4.10. The molecule has 0 saturated heterocycles. The summed E-state index contributed by atoms with van der Waals surface area (Å²) in [7, 11) is 1.87. The lowest BCUT2D eigenvalue weighted by Crippen LogP contribution is -2.38. The SMILES string of the molecule is CCCCCC1(OC)CCC1. The van der Waals surface area contributed by atoms with Gasteiger partial charge in [-0.05, 0) is 25.7 Å². The van der Waals surface area contributed by atoms with Gasteiger partial charge in [0.05, 0.1) is 5.60 Å². The minimum atomic E-state index is 0.315. The van der Waals surface area contributed by atoms with Crippen molar-refractivity contribution >= 4 is 0 Å². The molecule has 1 rings (SSSR count). The quantitative estimate of drug-likeness (QED) is 0.556. The van der Waals surface area contributed by atoms with Crippen LogP contribution in [0, 0.1) is 0 Å². The van der Waals surface area contributed by atoms with Crippen LogP contribution in [0.5, 0.6) is 0 Å². The van der Waals surface area contributed by atoms with Gasteiger partial charge >= 0.3 is 0 Å². The van der Waals surface area contributed by atoms with Crippen LogP contribution >= 0.6 is 0 Å². The molecular formula is C10H20O. The molecule has 0 radical (unpaired) electrons. The third-order valence-electron chi connectivity index (χ3n) is 2.93. The summed E-state index contributed by atoms with van der Waals surface area (Å²) in [6.45, 7) is 2.25. The molecule has 0 aliphatic heterocycles. The van der Waals surface area contributed by atoms with E-state index in [0.29, 0.717) is 5.60 Å². The van der Waals surface area contributed by atoms with E-state index >= 15 is 0 Å². The molecule has 1 fully saturated rings. The first-order valence-corrected chi connectivity index (χ1v) is 4.88. The molecule has 1 saturated carbocycles. The maximum Gasteiger partial charge on any atom is 0.0678 e. The van der Waals surface area contributed by atoms with E-state index in [2.05, 4.69) is 6.92 Å². The Kier molecular flexibility index (Phi) is 3.38. The van der Waals surface area contributed by atoms with Crippen molar-refractivity contribution in [2.24, 2.45) is 0 Å². The third kappa shape index (κ3) is 2.19. The van der Waals surface area contributed by atoms with Crippen LogP contribution in [0.4, 0.5) is 0 Å². The number of rotatable bonds is 5. The molecular weight excluding hydrogens is 136 g/mol. The van der Waals surface area contributed by atoms with Gasteiger partial charge in [-0.1, -0.05) is 26.2 Å². The molecule has 0 N–H and O–H groups in total. The van der Waals surface area contributed by atoms with Gasteiger partial charge in [0.15, 0.2) is 0 Å². The molecule has 11 heavy (non-hydrogen) atoms. The molecule has 0 aromatic rings. The van der Waals surface area contributed by atoms with E-state index in [1.54, 1.807) is 0 Å². The molecule has 0 aromatic carbocycles. The molecule has 1 aliphatic rings. The van der Waals surface area contributed by atoms with Crippen molar-refractivity contribution in [2.75, 3.05) is 7.11 Å². The molecule has 1 aliphatic carbocycles. The molecule has 0 atom stereocenters. The first kappa shape index (κ1) is 9.05. The summed E-state index contributed by atoms with van der Waals surface area (Å²) >= 11 is 0. The van der Waals surface area contributed by atoms with E-state index in [1.807, 2.05) is 7.11 Å². The minimum Gasteiger partial charge on any atom is -0.378 e. The van der Waals surface area contributed by atoms with Gasteiger partial charge in [-0.3, -0.25) is 0 Å². The average Bonchev–Trinajstić information content (AvgIpc) is 1.95. The molecule has 0 bridgehead atoms. The van der Waals surface area contributed by atoms with E-state index in [-0.39, 0.29) is 0 Å². The fourth-order valence-electron chi connectivity index (χ4n) is 1.82. The second-order valence-corrected chi connectivity index (χ2v) is 3.70. The van der Waals surface area contributed by atoms with Crippen molar-refractivity contribution in [2.45, 2.75) is 57.5 Å². The topological polar surface area (TPSA) is 9.23 Å². The van der Waals surface area contributed by atoms with Crippen LogP contribution in [0.2, 0.25) is 0 Å². The zero-order valence-electron chi connectivity index (χ0n) is 7.86. The Morgan fingerprint density at radius 3 is 2.36 bits per heavy atom. The molecule has 0 aromatic heterocycles. The monoisotopic (exact) mass is 156 g/mol. The molecule has 0 heterocycles. The third-order valence-corrected chi connectivity index (χ3v) is 2.93. The average molecular weight is 156 g/mol. The van der Waals surface area contributed by atoms with Crippen LogP contribution in [0.25, 0.3) is 0 Å². The lowest BCUT2D eigenvalue weighted by Gasteiger charge is -2.40. The van der Waals surface area contributed by atoms with Gasteiger partial charge in [-0.2, -0.15) is 0 Å². The van der Waals surface area contributed by atoms with Crippen molar-refractivity contribution in [1.29, 1.82) is 0 Å². The fraction of sp³-hybridized carbons (Fsp3) is 1.00. The van der Waals surface area contributed by atoms with Crippen molar-refractivity contribution in [3.05, 3.63) is 0 Å². The second-order valence-electron chi connectivity index (χ2n) is 3.70. The zero-order chi connectivity index (χ0) is 8.16. The first-order chi connectivity index (χ1) is 5.33. The lowest BCUT2D eigenvalue weighted by atomic mass is 9.76. The van der Waals surface area contributed by atoms with Gasteiger partial charge in [-0.25, -0.2) is 0 Å². The van der Waals surface area contributed by atoms with Crippen molar-refractivity contribution in [3.63, 3.8) is 0 Å². The van der Waals surface area contributed by atoms with E-state index in [4.69, 9.17) is 4.74 Å². The van der Waals surface area contributed by atoms with Gasteiger partial charge in [0.2, 0.25) is 0 Å². The number of ether oxygens (including phenoxy) is 1. The Balaban J connectivity index is 2.11. The summed E-state index contributed by atoms with van der Waals surface area (Å²) in [5, 5.41) is 0. The summed E-state index contributed by atoms with van der Waals surface area (Å²) in [4.78, 5) is 0. The molecule has 66 valence electrons. The Hall–Kier alpha value is -0.0400. The normalized spacial score (nSPS) is 21.3. The van der Waals surface area contributed by atoms with E-state index in [1.165, 1.54) is 44.9 Å². The molecule has 0 amide bonds. The highest BCUT2D eigenvalue weighted by atomic mass is 16.5. The summed E-state index contributed by atoms with van der Waals surface area (Å²) in [5.74, 6) is 0. The highest BCUT2D eigenvalue weighted by molar-refractivity contribution is 4.88. The molecule has 0 unspecified atom stereocenters. The van der Waals surface area contributed by atoms with Gasteiger partial charge < -0.3 is 4.74 Å². The maximum atomic E-state index is 5.52. The summed E-state index contributed by atoms with van der Waals surface area (Å²) in [6, 6.07) is 0. The summed E-state index contributed by atoms with van der Waals surface area (Å²) in [5.41, 5.74) is 0.315. The highest BCUT2D eigenvalue weighted by Gasteiger charge is 2.35. The Bertz CT molecular complexity index is 99.9. The first-order valence-electron chi connectivity index (χ1n) is 4.88. The predicted octanol–water partition coefficient (Wildman–Crippen LogP) is 3.14. The lowest BCUT2D eigenvalue weighted by molar-refractivity contribution is -0.0788.